The number of benzene rings is 1. The Balaban J connectivity index is 2.45. The number of ether oxygens (including phenoxy) is 1. The first kappa shape index (κ1) is 12.7. The normalized spacial score (nSPS) is 10.5. The van der Waals surface area contributed by atoms with Gasteiger partial charge < -0.3 is 4.74 Å². The highest BCUT2D eigenvalue weighted by Crippen LogP contribution is 2.18. The minimum absolute atomic E-state index is 0.217. The maximum Gasteiger partial charge on any atom is 0.165 e. The number of hydrogen-bond donors (Lipinski definition) is 0. The van der Waals surface area contributed by atoms with Gasteiger partial charge in [0, 0.05) is 5.56 Å². The molecule has 0 saturated heterocycles. The molecule has 0 aliphatic heterocycles. The minimum Gasteiger partial charge on any atom is -0.491 e. The predicted molar refractivity (Wildman–Crippen MR) is 61.4 cm³/mol. The van der Waals surface area contributed by atoms with E-state index in [-0.39, 0.29) is 5.75 Å². The fourth-order valence-corrected chi connectivity index (χ4v) is 1.38. The van der Waals surface area contributed by atoms with Crippen LogP contribution in [-0.4, -0.2) is 12.9 Å². The fourth-order valence-electron chi connectivity index (χ4n) is 1.38. The molecule has 0 unspecified atom stereocenters. The van der Waals surface area contributed by atoms with E-state index < -0.39 is 5.82 Å². The molecular weight excluding hydrogens is 207 g/mol. The number of aldehydes is 1. The molecule has 3 heteroatoms. The molecule has 0 saturated carbocycles. The van der Waals surface area contributed by atoms with E-state index in [9.17, 15) is 9.18 Å². The molecule has 0 bridgehead atoms. The van der Waals surface area contributed by atoms with Gasteiger partial charge in [0.25, 0.3) is 0 Å². The lowest BCUT2D eigenvalue weighted by Gasteiger charge is -2.08. The van der Waals surface area contributed by atoms with Crippen LogP contribution in [0.2, 0.25) is 0 Å². The van der Waals surface area contributed by atoms with Gasteiger partial charge in [-0.1, -0.05) is 13.8 Å². The van der Waals surface area contributed by atoms with Gasteiger partial charge in [-0.3, -0.25) is 4.79 Å². The van der Waals surface area contributed by atoms with Crippen LogP contribution in [0.15, 0.2) is 18.2 Å². The lowest BCUT2D eigenvalue weighted by Crippen LogP contribution is -2.01. The molecule has 0 radical (unpaired) electrons. The topological polar surface area (TPSA) is 26.3 Å². The summed E-state index contributed by atoms with van der Waals surface area (Å²) in [5.41, 5.74) is 0.326. The van der Waals surface area contributed by atoms with Crippen LogP contribution in [0.3, 0.4) is 0 Å². The third-order valence-corrected chi connectivity index (χ3v) is 2.28. The van der Waals surface area contributed by atoms with Crippen molar-refractivity contribution in [2.24, 2.45) is 5.92 Å². The van der Waals surface area contributed by atoms with E-state index in [2.05, 4.69) is 13.8 Å². The second kappa shape index (κ2) is 6.26. The van der Waals surface area contributed by atoms with Crippen molar-refractivity contribution in [2.75, 3.05) is 6.61 Å². The van der Waals surface area contributed by atoms with Crippen LogP contribution in [0.1, 0.15) is 37.0 Å². The molecule has 0 fully saturated rings. The number of carbonyl (C=O) groups is 1. The first-order valence-corrected chi connectivity index (χ1v) is 5.51. The van der Waals surface area contributed by atoms with Gasteiger partial charge >= 0.3 is 0 Å². The Morgan fingerprint density at radius 3 is 2.75 bits per heavy atom. The molecule has 0 amide bonds. The Kier molecular flexibility index (Phi) is 4.96. The summed E-state index contributed by atoms with van der Waals surface area (Å²) in [6.07, 6.45) is 2.59. The van der Waals surface area contributed by atoms with E-state index >= 15 is 0 Å². The zero-order valence-electron chi connectivity index (χ0n) is 9.70. The molecule has 0 heterocycles. The summed E-state index contributed by atoms with van der Waals surface area (Å²) in [4.78, 5) is 10.4. The summed E-state index contributed by atoms with van der Waals surface area (Å²) in [6.45, 7) is 4.79. The third kappa shape index (κ3) is 4.01. The van der Waals surface area contributed by atoms with Gasteiger partial charge in [-0.2, -0.15) is 0 Å². The molecule has 1 aromatic rings. The molecule has 0 aliphatic carbocycles. The van der Waals surface area contributed by atoms with Crippen molar-refractivity contribution in [2.45, 2.75) is 26.7 Å². The van der Waals surface area contributed by atoms with Crippen LogP contribution in [-0.2, 0) is 0 Å². The van der Waals surface area contributed by atoms with Crippen molar-refractivity contribution in [1.82, 2.24) is 0 Å². The molecule has 1 aromatic carbocycles. The molecule has 0 aromatic heterocycles. The fraction of sp³-hybridized carbons (Fsp3) is 0.462. The molecule has 0 N–H and O–H groups in total. The summed E-state index contributed by atoms with van der Waals surface area (Å²) in [7, 11) is 0. The van der Waals surface area contributed by atoms with Crippen LogP contribution in [0.25, 0.3) is 0 Å². The Hall–Kier alpha value is -1.38. The highest BCUT2D eigenvalue weighted by Gasteiger charge is 2.04. The summed E-state index contributed by atoms with van der Waals surface area (Å²) in [5, 5.41) is 0. The Morgan fingerprint density at radius 2 is 2.19 bits per heavy atom. The smallest absolute Gasteiger partial charge is 0.165 e. The molecule has 0 aliphatic rings. The van der Waals surface area contributed by atoms with E-state index in [0.717, 1.165) is 12.8 Å². The van der Waals surface area contributed by atoms with Crippen LogP contribution < -0.4 is 4.74 Å². The lowest BCUT2D eigenvalue weighted by molar-refractivity contribution is 0.112. The van der Waals surface area contributed by atoms with Gasteiger partial charge in [-0.05, 0) is 37.0 Å². The van der Waals surface area contributed by atoms with Gasteiger partial charge in [0.05, 0.1) is 6.61 Å². The number of hydrogen-bond acceptors (Lipinski definition) is 2. The molecule has 2 nitrogen and oxygen atoms in total. The highest BCUT2D eigenvalue weighted by molar-refractivity contribution is 5.74. The van der Waals surface area contributed by atoms with Gasteiger partial charge in [-0.25, -0.2) is 4.39 Å². The summed E-state index contributed by atoms with van der Waals surface area (Å²) >= 11 is 0. The van der Waals surface area contributed by atoms with Crippen LogP contribution in [0, 0.1) is 11.7 Å². The van der Waals surface area contributed by atoms with Crippen molar-refractivity contribution in [3.05, 3.63) is 29.6 Å². The monoisotopic (exact) mass is 224 g/mol. The maximum atomic E-state index is 13.3. The van der Waals surface area contributed by atoms with Gasteiger partial charge in [0.15, 0.2) is 11.6 Å². The second-order valence-corrected chi connectivity index (χ2v) is 4.19. The standard InChI is InChI=1S/C13H17FO2/c1-10(2)4-3-7-16-13-6-5-11(9-15)8-12(13)14/h5-6,8-10H,3-4,7H2,1-2H3. The van der Waals surface area contributed by atoms with Crippen molar-refractivity contribution in [1.29, 1.82) is 0 Å². The lowest BCUT2D eigenvalue weighted by atomic mass is 10.1. The summed E-state index contributed by atoms with van der Waals surface area (Å²) in [6, 6.07) is 4.23. The van der Waals surface area contributed by atoms with Crippen molar-refractivity contribution in [3.63, 3.8) is 0 Å². The molecule has 88 valence electrons. The van der Waals surface area contributed by atoms with E-state index in [1.54, 1.807) is 6.07 Å². The average Bonchev–Trinajstić information content (AvgIpc) is 2.25. The van der Waals surface area contributed by atoms with E-state index in [1.807, 2.05) is 0 Å². The first-order chi connectivity index (χ1) is 7.63. The number of rotatable bonds is 6. The van der Waals surface area contributed by atoms with Gasteiger partial charge in [0.2, 0.25) is 0 Å². The Bertz CT molecular complexity index is 348. The summed E-state index contributed by atoms with van der Waals surface area (Å²) < 4.78 is 18.6. The zero-order chi connectivity index (χ0) is 12.0. The Labute approximate surface area is 95.4 Å². The number of carbonyl (C=O) groups excluding carboxylic acids is 1. The minimum atomic E-state index is -0.478. The van der Waals surface area contributed by atoms with Crippen LogP contribution in [0.4, 0.5) is 4.39 Å². The quantitative estimate of drug-likeness (QED) is 0.546. The largest absolute Gasteiger partial charge is 0.491 e. The van der Waals surface area contributed by atoms with Gasteiger partial charge in [0.1, 0.15) is 6.29 Å². The van der Waals surface area contributed by atoms with Crippen molar-refractivity contribution >= 4 is 6.29 Å². The van der Waals surface area contributed by atoms with Crippen LogP contribution in [0.5, 0.6) is 5.75 Å². The SMILES string of the molecule is CC(C)CCCOc1ccc(C=O)cc1F. The zero-order valence-corrected chi connectivity index (χ0v) is 9.70. The van der Waals surface area contributed by atoms with Crippen molar-refractivity contribution < 1.29 is 13.9 Å². The maximum absolute atomic E-state index is 13.3. The first-order valence-electron chi connectivity index (χ1n) is 5.51. The van der Waals surface area contributed by atoms with Gasteiger partial charge in [-0.15, -0.1) is 0 Å². The third-order valence-electron chi connectivity index (χ3n) is 2.28. The molecule has 0 atom stereocenters. The van der Waals surface area contributed by atoms with E-state index in [4.69, 9.17) is 4.74 Å². The predicted octanol–water partition coefficient (Wildman–Crippen LogP) is 3.45. The Morgan fingerprint density at radius 1 is 1.44 bits per heavy atom. The van der Waals surface area contributed by atoms with E-state index in [0.29, 0.717) is 24.4 Å². The van der Waals surface area contributed by atoms with Crippen molar-refractivity contribution in [3.8, 4) is 5.75 Å². The molecular formula is C13H17FO2. The molecule has 1 rings (SSSR count). The number of halogens is 1. The molecule has 0 spiro atoms. The van der Waals surface area contributed by atoms with E-state index in [1.165, 1.54) is 12.1 Å². The van der Waals surface area contributed by atoms with Crippen LogP contribution >= 0.6 is 0 Å². The molecule has 16 heavy (non-hydrogen) atoms. The second-order valence-electron chi connectivity index (χ2n) is 4.19. The highest BCUT2D eigenvalue weighted by atomic mass is 19.1. The average molecular weight is 224 g/mol. The summed E-state index contributed by atoms with van der Waals surface area (Å²) in [5.74, 6) is 0.370.